The fourth-order valence-electron chi connectivity index (χ4n) is 2.46. The number of carbonyl (C=O) groups excluding carboxylic acids is 1. The van der Waals surface area contributed by atoms with Crippen molar-refractivity contribution in [3.8, 4) is 17.2 Å². The van der Waals surface area contributed by atoms with Crippen molar-refractivity contribution in [2.75, 3.05) is 40.3 Å². The number of rotatable bonds is 7. The van der Waals surface area contributed by atoms with Gasteiger partial charge in [-0.1, -0.05) is 12.1 Å². The van der Waals surface area contributed by atoms with Gasteiger partial charge in [-0.3, -0.25) is 4.79 Å². The van der Waals surface area contributed by atoms with Gasteiger partial charge in [0.2, 0.25) is 5.75 Å². The Balaban J connectivity index is 2.20. The number of para-hydroxylation sites is 1. The molecule has 0 fully saturated rings. The molecule has 0 atom stereocenters. The summed E-state index contributed by atoms with van der Waals surface area (Å²) in [5.41, 5.74) is 4.59. The second kappa shape index (κ2) is 8.75. The van der Waals surface area contributed by atoms with Crippen LogP contribution in [0.1, 0.15) is 15.9 Å². The maximum atomic E-state index is 12.4. The van der Waals surface area contributed by atoms with Crippen LogP contribution < -0.4 is 24.5 Å². The van der Waals surface area contributed by atoms with Crippen LogP contribution in [0.25, 0.3) is 0 Å². The summed E-state index contributed by atoms with van der Waals surface area (Å²) in [6.45, 7) is 0. The first-order valence-corrected chi connectivity index (χ1v) is 7.91. The Labute approximate surface area is 153 Å². The molecule has 0 aliphatic carbocycles. The molecule has 0 saturated carbocycles. The highest BCUT2D eigenvalue weighted by Crippen LogP contribution is 2.37. The minimum absolute atomic E-state index is 0.294. The Morgan fingerprint density at radius 2 is 1.65 bits per heavy atom. The highest BCUT2D eigenvalue weighted by Gasteiger charge is 2.13. The Bertz CT molecular complexity index is 778. The molecule has 1 amide bonds. The average Bonchev–Trinajstić information content (AvgIpc) is 2.66. The smallest absolute Gasteiger partial charge is 0.273 e. The minimum Gasteiger partial charge on any atom is -0.493 e. The number of ether oxygens (including phenoxy) is 3. The molecule has 0 spiro atoms. The molecule has 0 heterocycles. The summed E-state index contributed by atoms with van der Waals surface area (Å²) in [6.07, 6.45) is 1.51. The molecule has 0 saturated heterocycles. The molecule has 2 rings (SSSR count). The predicted octanol–water partition coefficient (Wildman–Crippen LogP) is 2.54. The average molecular weight is 357 g/mol. The zero-order chi connectivity index (χ0) is 19.1. The molecule has 0 unspecified atom stereocenters. The highest BCUT2D eigenvalue weighted by atomic mass is 16.5. The third kappa shape index (κ3) is 4.24. The van der Waals surface area contributed by atoms with E-state index in [1.807, 2.05) is 37.2 Å². The summed E-state index contributed by atoms with van der Waals surface area (Å²) in [5, 5.41) is 4.03. The van der Waals surface area contributed by atoms with Gasteiger partial charge in [0.05, 0.1) is 33.1 Å². The van der Waals surface area contributed by atoms with Gasteiger partial charge in [-0.2, -0.15) is 5.10 Å². The Morgan fingerprint density at radius 1 is 1.04 bits per heavy atom. The van der Waals surface area contributed by atoms with Crippen molar-refractivity contribution >= 4 is 17.8 Å². The van der Waals surface area contributed by atoms with E-state index < -0.39 is 0 Å². The van der Waals surface area contributed by atoms with Crippen LogP contribution in [0.15, 0.2) is 41.5 Å². The maximum Gasteiger partial charge on any atom is 0.273 e. The zero-order valence-corrected chi connectivity index (χ0v) is 15.6. The van der Waals surface area contributed by atoms with Gasteiger partial charge >= 0.3 is 0 Å². The van der Waals surface area contributed by atoms with Crippen LogP contribution in [0.2, 0.25) is 0 Å². The Morgan fingerprint density at radius 3 is 2.19 bits per heavy atom. The molecule has 0 radical (unpaired) electrons. The van der Waals surface area contributed by atoms with E-state index in [0.717, 1.165) is 5.69 Å². The second-order valence-corrected chi connectivity index (χ2v) is 5.57. The standard InChI is InChI=1S/C19H23N3O4/c1-22(2)15-9-7-6-8-14(15)19(23)21-20-12-13-10-16(24-3)18(26-5)17(11-13)25-4/h6-12H,1-5H3,(H,21,23)/b20-12+. The molecule has 0 bridgehead atoms. The third-order valence-corrected chi connectivity index (χ3v) is 3.70. The molecular weight excluding hydrogens is 334 g/mol. The number of anilines is 1. The Hall–Kier alpha value is -3.22. The van der Waals surface area contributed by atoms with E-state index in [4.69, 9.17) is 14.2 Å². The number of hydrazone groups is 1. The molecule has 26 heavy (non-hydrogen) atoms. The van der Waals surface area contributed by atoms with E-state index in [0.29, 0.717) is 28.4 Å². The number of hydrogen-bond donors (Lipinski definition) is 1. The normalized spacial score (nSPS) is 10.5. The van der Waals surface area contributed by atoms with Crippen molar-refractivity contribution in [3.63, 3.8) is 0 Å². The largest absolute Gasteiger partial charge is 0.493 e. The number of methoxy groups -OCH3 is 3. The summed E-state index contributed by atoms with van der Waals surface area (Å²) >= 11 is 0. The van der Waals surface area contributed by atoms with Gasteiger partial charge in [-0.05, 0) is 24.3 Å². The van der Waals surface area contributed by atoms with E-state index in [1.54, 1.807) is 18.2 Å². The van der Waals surface area contributed by atoms with Gasteiger partial charge in [-0.15, -0.1) is 0 Å². The summed E-state index contributed by atoms with van der Waals surface area (Å²) in [5.74, 6) is 1.23. The predicted molar refractivity (Wildman–Crippen MR) is 102 cm³/mol. The van der Waals surface area contributed by atoms with Crippen LogP contribution in [-0.4, -0.2) is 47.5 Å². The fourth-order valence-corrected chi connectivity index (χ4v) is 2.46. The van der Waals surface area contributed by atoms with Crippen LogP contribution in [0.3, 0.4) is 0 Å². The van der Waals surface area contributed by atoms with Crippen LogP contribution in [0.5, 0.6) is 17.2 Å². The second-order valence-electron chi connectivity index (χ2n) is 5.57. The lowest BCUT2D eigenvalue weighted by atomic mass is 10.1. The lowest BCUT2D eigenvalue weighted by molar-refractivity contribution is 0.0955. The van der Waals surface area contributed by atoms with E-state index in [2.05, 4.69) is 10.5 Å². The number of nitrogens with zero attached hydrogens (tertiary/aromatic N) is 2. The van der Waals surface area contributed by atoms with E-state index >= 15 is 0 Å². The van der Waals surface area contributed by atoms with Gasteiger partial charge < -0.3 is 19.1 Å². The molecule has 7 heteroatoms. The summed E-state index contributed by atoms with van der Waals surface area (Å²) in [7, 11) is 8.38. The van der Waals surface area contributed by atoms with E-state index in [9.17, 15) is 4.79 Å². The molecular formula is C19H23N3O4. The first kappa shape index (κ1) is 19.1. The number of benzene rings is 2. The molecule has 138 valence electrons. The highest BCUT2D eigenvalue weighted by molar-refractivity contribution is 6.00. The number of nitrogens with one attached hydrogen (secondary N) is 1. The Kier molecular flexibility index (Phi) is 6.43. The first-order chi connectivity index (χ1) is 12.5. The topological polar surface area (TPSA) is 72.4 Å². The number of amides is 1. The molecule has 0 aliphatic rings. The van der Waals surface area contributed by atoms with Crippen molar-refractivity contribution in [2.45, 2.75) is 0 Å². The lowest BCUT2D eigenvalue weighted by Gasteiger charge is -2.16. The van der Waals surface area contributed by atoms with Crippen molar-refractivity contribution < 1.29 is 19.0 Å². The SMILES string of the molecule is COc1cc(/C=N/NC(=O)c2ccccc2N(C)C)cc(OC)c1OC. The summed E-state index contributed by atoms with van der Waals surface area (Å²) in [4.78, 5) is 14.3. The number of carbonyl (C=O) groups is 1. The van der Waals surface area contributed by atoms with Crippen molar-refractivity contribution in [3.05, 3.63) is 47.5 Å². The van der Waals surface area contributed by atoms with E-state index in [1.165, 1.54) is 27.5 Å². The van der Waals surface area contributed by atoms with Crippen molar-refractivity contribution in [2.24, 2.45) is 5.10 Å². The monoisotopic (exact) mass is 357 g/mol. The van der Waals surface area contributed by atoms with Gasteiger partial charge in [-0.25, -0.2) is 5.43 Å². The minimum atomic E-state index is -0.294. The molecule has 2 aromatic rings. The van der Waals surface area contributed by atoms with Gasteiger partial charge in [0, 0.05) is 25.3 Å². The van der Waals surface area contributed by atoms with Crippen molar-refractivity contribution in [1.82, 2.24) is 5.43 Å². The molecule has 1 N–H and O–H groups in total. The van der Waals surface area contributed by atoms with Crippen LogP contribution in [0.4, 0.5) is 5.69 Å². The van der Waals surface area contributed by atoms with Crippen LogP contribution in [0, 0.1) is 0 Å². The van der Waals surface area contributed by atoms with Crippen LogP contribution >= 0.6 is 0 Å². The maximum absolute atomic E-state index is 12.4. The van der Waals surface area contributed by atoms with E-state index in [-0.39, 0.29) is 5.91 Å². The summed E-state index contributed by atoms with van der Waals surface area (Å²) in [6, 6.07) is 10.8. The third-order valence-electron chi connectivity index (χ3n) is 3.70. The van der Waals surface area contributed by atoms with Gasteiger partial charge in [0.1, 0.15) is 0 Å². The van der Waals surface area contributed by atoms with Gasteiger partial charge in [0.25, 0.3) is 5.91 Å². The fraction of sp³-hybridized carbons (Fsp3) is 0.263. The quantitative estimate of drug-likeness (QED) is 0.609. The molecule has 0 aliphatic heterocycles. The molecule has 0 aromatic heterocycles. The summed E-state index contributed by atoms with van der Waals surface area (Å²) < 4.78 is 15.9. The number of hydrogen-bond acceptors (Lipinski definition) is 6. The first-order valence-electron chi connectivity index (χ1n) is 7.91. The van der Waals surface area contributed by atoms with Gasteiger partial charge in [0.15, 0.2) is 11.5 Å². The lowest BCUT2D eigenvalue weighted by Crippen LogP contribution is -2.21. The zero-order valence-electron chi connectivity index (χ0n) is 15.6. The molecule has 2 aromatic carbocycles. The van der Waals surface area contributed by atoms with Crippen LogP contribution in [-0.2, 0) is 0 Å². The van der Waals surface area contributed by atoms with Crippen molar-refractivity contribution in [1.29, 1.82) is 0 Å². The molecule has 7 nitrogen and oxygen atoms in total.